The molecule has 1 unspecified atom stereocenters. The van der Waals surface area contributed by atoms with Crippen molar-refractivity contribution in [2.75, 3.05) is 24.3 Å². The number of aromatic nitrogens is 5. The maximum absolute atomic E-state index is 12.4. The molecule has 9 heteroatoms. The van der Waals surface area contributed by atoms with Crippen LogP contribution in [0.4, 0.5) is 11.8 Å². The standard InChI is InChI=1S/C23H27N7O2/c1-32-20-3-2-10-30(22(20)31)18-8-9-21(24-13-18)27-17-7-4-15(11-17)12-25-23-26-14-19(28-29-23)16-5-6-16/h2-3,8-10,13-17H,4-7,11-12H2,1H3,(H,24,27)(H,25,26,29)/t15?,17-/m0/s1. The van der Waals surface area contributed by atoms with Crippen LogP contribution in [0.25, 0.3) is 5.69 Å². The molecule has 2 aliphatic carbocycles. The lowest BCUT2D eigenvalue weighted by molar-refractivity contribution is 0.406. The molecule has 3 aromatic heterocycles. The van der Waals surface area contributed by atoms with Gasteiger partial charge in [-0.05, 0) is 62.3 Å². The average molecular weight is 434 g/mol. The zero-order chi connectivity index (χ0) is 21.9. The molecule has 0 radical (unpaired) electrons. The minimum Gasteiger partial charge on any atom is -0.491 e. The molecule has 2 fully saturated rings. The highest BCUT2D eigenvalue weighted by atomic mass is 16.5. The van der Waals surface area contributed by atoms with Gasteiger partial charge in [-0.15, -0.1) is 10.2 Å². The Bertz CT molecular complexity index is 1110. The minimum atomic E-state index is -0.204. The van der Waals surface area contributed by atoms with Crippen molar-refractivity contribution < 1.29 is 4.74 Å². The first-order valence-corrected chi connectivity index (χ1v) is 11.1. The van der Waals surface area contributed by atoms with Crippen LogP contribution < -0.4 is 20.9 Å². The third-order valence-corrected chi connectivity index (χ3v) is 6.18. The highest BCUT2D eigenvalue weighted by Crippen LogP contribution is 2.38. The van der Waals surface area contributed by atoms with Gasteiger partial charge in [0.15, 0.2) is 5.75 Å². The van der Waals surface area contributed by atoms with Gasteiger partial charge in [0.05, 0.1) is 30.9 Å². The van der Waals surface area contributed by atoms with E-state index < -0.39 is 0 Å². The zero-order valence-electron chi connectivity index (χ0n) is 18.1. The summed E-state index contributed by atoms with van der Waals surface area (Å²) < 4.78 is 6.64. The predicted molar refractivity (Wildman–Crippen MR) is 121 cm³/mol. The number of rotatable bonds is 8. The summed E-state index contributed by atoms with van der Waals surface area (Å²) in [7, 11) is 1.49. The van der Waals surface area contributed by atoms with E-state index in [4.69, 9.17) is 4.74 Å². The molecule has 0 spiro atoms. The summed E-state index contributed by atoms with van der Waals surface area (Å²) in [5.74, 6) is 2.85. The second-order valence-electron chi connectivity index (χ2n) is 8.54. The highest BCUT2D eigenvalue weighted by Gasteiger charge is 2.27. The molecule has 3 aromatic rings. The van der Waals surface area contributed by atoms with Gasteiger partial charge in [0.1, 0.15) is 5.82 Å². The Morgan fingerprint density at radius 2 is 2.00 bits per heavy atom. The number of hydrogen-bond acceptors (Lipinski definition) is 8. The summed E-state index contributed by atoms with van der Waals surface area (Å²) in [6, 6.07) is 7.60. The molecule has 2 aliphatic rings. The molecule has 2 saturated carbocycles. The molecule has 2 atom stereocenters. The molecule has 0 aliphatic heterocycles. The fraction of sp³-hybridized carbons (Fsp3) is 0.435. The molecule has 32 heavy (non-hydrogen) atoms. The Morgan fingerprint density at radius 1 is 1.09 bits per heavy atom. The summed E-state index contributed by atoms with van der Waals surface area (Å²) >= 11 is 0. The lowest BCUT2D eigenvalue weighted by atomic mass is 10.1. The van der Waals surface area contributed by atoms with Gasteiger partial charge in [0.2, 0.25) is 5.95 Å². The molecule has 166 valence electrons. The SMILES string of the molecule is COc1cccn(-c2ccc(N[C@H]3CCC(CNc4ncc(C5CC5)nn4)C3)nc2)c1=O. The molecule has 3 heterocycles. The monoisotopic (exact) mass is 433 g/mol. The van der Waals surface area contributed by atoms with E-state index in [9.17, 15) is 4.79 Å². The van der Waals surface area contributed by atoms with Crippen LogP contribution in [0.1, 0.15) is 43.7 Å². The largest absolute Gasteiger partial charge is 0.491 e. The van der Waals surface area contributed by atoms with Gasteiger partial charge < -0.3 is 15.4 Å². The van der Waals surface area contributed by atoms with E-state index in [1.807, 2.05) is 18.3 Å². The number of pyridine rings is 2. The van der Waals surface area contributed by atoms with Crippen molar-refractivity contribution in [3.8, 4) is 11.4 Å². The topological polar surface area (TPSA) is 107 Å². The number of hydrogen-bond donors (Lipinski definition) is 2. The van der Waals surface area contributed by atoms with E-state index in [1.165, 1.54) is 24.5 Å². The number of nitrogens with zero attached hydrogens (tertiary/aromatic N) is 5. The number of methoxy groups -OCH3 is 1. The van der Waals surface area contributed by atoms with E-state index in [-0.39, 0.29) is 5.56 Å². The van der Waals surface area contributed by atoms with E-state index >= 15 is 0 Å². The lowest BCUT2D eigenvalue weighted by Crippen LogP contribution is -2.20. The molecule has 0 bridgehead atoms. The first-order chi connectivity index (χ1) is 15.7. The van der Waals surface area contributed by atoms with Crippen LogP contribution in [0, 0.1) is 5.92 Å². The first-order valence-electron chi connectivity index (χ1n) is 11.1. The Kier molecular flexibility index (Phi) is 5.70. The number of nitrogens with one attached hydrogen (secondary N) is 2. The normalized spacial score (nSPS) is 20.2. The van der Waals surface area contributed by atoms with Crippen LogP contribution in [0.15, 0.2) is 47.7 Å². The Hall–Kier alpha value is -3.49. The summed E-state index contributed by atoms with van der Waals surface area (Å²) in [5, 5.41) is 15.3. The summed E-state index contributed by atoms with van der Waals surface area (Å²) in [4.78, 5) is 21.3. The molecule has 2 N–H and O–H groups in total. The molecule has 9 nitrogen and oxygen atoms in total. The highest BCUT2D eigenvalue weighted by molar-refractivity contribution is 5.42. The fourth-order valence-corrected chi connectivity index (χ4v) is 4.21. The van der Waals surface area contributed by atoms with Gasteiger partial charge in [-0.2, -0.15) is 0 Å². The molecule has 0 saturated heterocycles. The fourth-order valence-electron chi connectivity index (χ4n) is 4.21. The number of anilines is 2. The van der Waals surface area contributed by atoms with Crippen LogP contribution in [-0.4, -0.2) is 44.4 Å². The van der Waals surface area contributed by atoms with E-state index in [0.717, 1.165) is 37.3 Å². The molecular formula is C23H27N7O2. The maximum atomic E-state index is 12.4. The summed E-state index contributed by atoms with van der Waals surface area (Å²) in [6.07, 6.45) is 10.9. The van der Waals surface area contributed by atoms with Crippen molar-refractivity contribution in [2.24, 2.45) is 5.92 Å². The summed E-state index contributed by atoms with van der Waals surface area (Å²) in [6.45, 7) is 0.841. The van der Waals surface area contributed by atoms with Gasteiger partial charge in [-0.25, -0.2) is 9.97 Å². The van der Waals surface area contributed by atoms with Crippen LogP contribution in [0.2, 0.25) is 0 Å². The first kappa shape index (κ1) is 20.4. The van der Waals surface area contributed by atoms with Crippen LogP contribution in [-0.2, 0) is 0 Å². The smallest absolute Gasteiger partial charge is 0.297 e. The van der Waals surface area contributed by atoms with Crippen molar-refractivity contribution in [1.82, 2.24) is 24.7 Å². The van der Waals surface area contributed by atoms with Crippen molar-refractivity contribution in [3.05, 3.63) is 58.9 Å². The van der Waals surface area contributed by atoms with Crippen LogP contribution in [0.5, 0.6) is 5.75 Å². The van der Waals surface area contributed by atoms with Crippen LogP contribution >= 0.6 is 0 Å². The van der Waals surface area contributed by atoms with E-state index in [0.29, 0.717) is 35.3 Å². The predicted octanol–water partition coefficient (Wildman–Crippen LogP) is 3.00. The molecule has 5 rings (SSSR count). The van der Waals surface area contributed by atoms with Gasteiger partial charge in [0, 0.05) is 24.7 Å². The lowest BCUT2D eigenvalue weighted by Gasteiger charge is -2.15. The number of ether oxygens (including phenoxy) is 1. The van der Waals surface area contributed by atoms with Crippen molar-refractivity contribution in [2.45, 2.75) is 44.1 Å². The second-order valence-corrected chi connectivity index (χ2v) is 8.54. The van der Waals surface area contributed by atoms with Gasteiger partial charge in [0.25, 0.3) is 5.56 Å². The average Bonchev–Trinajstić information content (AvgIpc) is 3.59. The summed E-state index contributed by atoms with van der Waals surface area (Å²) in [5.41, 5.74) is 1.51. The Morgan fingerprint density at radius 3 is 2.72 bits per heavy atom. The molecule has 0 amide bonds. The third kappa shape index (κ3) is 4.56. The second kappa shape index (κ2) is 8.94. The van der Waals surface area contributed by atoms with E-state index in [2.05, 4.69) is 30.8 Å². The Balaban J connectivity index is 1.13. The minimum absolute atomic E-state index is 0.204. The van der Waals surface area contributed by atoms with Gasteiger partial charge >= 0.3 is 0 Å². The molecular weight excluding hydrogens is 406 g/mol. The van der Waals surface area contributed by atoms with Crippen molar-refractivity contribution in [1.29, 1.82) is 0 Å². The van der Waals surface area contributed by atoms with E-state index in [1.54, 1.807) is 24.5 Å². The Labute approximate surface area is 186 Å². The van der Waals surface area contributed by atoms with Gasteiger partial charge in [-0.1, -0.05) is 0 Å². The zero-order valence-corrected chi connectivity index (χ0v) is 18.1. The quantitative estimate of drug-likeness (QED) is 0.558. The third-order valence-electron chi connectivity index (χ3n) is 6.18. The maximum Gasteiger partial charge on any atom is 0.297 e. The van der Waals surface area contributed by atoms with Crippen molar-refractivity contribution >= 4 is 11.8 Å². The van der Waals surface area contributed by atoms with Crippen molar-refractivity contribution in [3.63, 3.8) is 0 Å². The van der Waals surface area contributed by atoms with Gasteiger partial charge in [-0.3, -0.25) is 9.36 Å². The molecule has 0 aromatic carbocycles. The van der Waals surface area contributed by atoms with Crippen LogP contribution in [0.3, 0.4) is 0 Å².